The number of rotatable bonds is 16. The number of ether oxygens (including phenoxy) is 6. The molecule has 11 heteroatoms. The molecular weight excluding hydrogens is 592 g/mol. The predicted octanol–water partition coefficient (Wildman–Crippen LogP) is 3.69. The molecule has 46 heavy (non-hydrogen) atoms. The normalized spacial score (nSPS) is 22.5. The van der Waals surface area contributed by atoms with Crippen molar-refractivity contribution in [2.75, 3.05) is 54.7 Å². The average Bonchev–Trinajstić information content (AvgIpc) is 3.07. The van der Waals surface area contributed by atoms with Crippen LogP contribution in [0.2, 0.25) is 0 Å². The van der Waals surface area contributed by atoms with Crippen LogP contribution in [-0.4, -0.2) is 89.6 Å². The lowest BCUT2D eigenvalue weighted by Gasteiger charge is -2.51. The van der Waals surface area contributed by atoms with Crippen LogP contribution in [0.5, 0.6) is 11.5 Å². The first-order valence-corrected chi connectivity index (χ1v) is 15.6. The summed E-state index contributed by atoms with van der Waals surface area (Å²) in [7, 11) is 6.07. The van der Waals surface area contributed by atoms with Crippen molar-refractivity contribution in [3.05, 3.63) is 71.4 Å². The van der Waals surface area contributed by atoms with Crippen LogP contribution in [0.3, 0.4) is 0 Å². The van der Waals surface area contributed by atoms with Gasteiger partial charge < -0.3 is 38.6 Å². The molecular formula is C35H46N2O9. The van der Waals surface area contributed by atoms with Crippen molar-refractivity contribution in [1.29, 1.82) is 0 Å². The third-order valence-electron chi connectivity index (χ3n) is 8.64. The van der Waals surface area contributed by atoms with Crippen LogP contribution in [0.1, 0.15) is 37.3 Å². The van der Waals surface area contributed by atoms with Gasteiger partial charge in [0.15, 0.2) is 11.5 Å². The molecule has 1 saturated heterocycles. The Labute approximate surface area is 271 Å². The van der Waals surface area contributed by atoms with E-state index in [9.17, 15) is 14.4 Å². The number of likely N-dealkylation sites (tertiary alicyclic amines) is 1. The lowest BCUT2D eigenvalue weighted by Crippen LogP contribution is -2.60. The predicted molar refractivity (Wildman–Crippen MR) is 170 cm³/mol. The second-order valence-electron chi connectivity index (χ2n) is 11.6. The lowest BCUT2D eigenvalue weighted by atomic mass is 9.66. The van der Waals surface area contributed by atoms with E-state index in [2.05, 4.69) is 5.32 Å². The monoisotopic (exact) mass is 638 g/mol. The number of methoxy groups -OCH3 is 4. The summed E-state index contributed by atoms with van der Waals surface area (Å²) in [6, 6.07) is 15.4. The van der Waals surface area contributed by atoms with Crippen LogP contribution in [0, 0.1) is 11.3 Å². The molecule has 0 unspecified atom stereocenters. The Hall–Kier alpha value is -3.93. The molecule has 2 aromatic rings. The van der Waals surface area contributed by atoms with Crippen molar-refractivity contribution in [1.82, 2.24) is 10.2 Å². The maximum absolute atomic E-state index is 14.2. The van der Waals surface area contributed by atoms with Gasteiger partial charge >= 0.3 is 5.97 Å². The van der Waals surface area contributed by atoms with Crippen molar-refractivity contribution in [2.24, 2.45) is 11.3 Å². The third-order valence-corrected chi connectivity index (χ3v) is 8.64. The number of hydrogen-bond acceptors (Lipinski definition) is 9. The van der Waals surface area contributed by atoms with Crippen molar-refractivity contribution < 1.29 is 42.8 Å². The van der Waals surface area contributed by atoms with Gasteiger partial charge in [-0.1, -0.05) is 36.4 Å². The summed E-state index contributed by atoms with van der Waals surface area (Å²) in [5, 5.41) is 2.87. The molecule has 0 spiro atoms. The molecule has 0 radical (unpaired) electrons. The molecule has 0 aliphatic carbocycles. The van der Waals surface area contributed by atoms with Crippen molar-refractivity contribution >= 4 is 17.8 Å². The molecule has 2 amide bonds. The molecule has 250 valence electrons. The van der Waals surface area contributed by atoms with Gasteiger partial charge in [-0.3, -0.25) is 14.4 Å². The van der Waals surface area contributed by atoms with Crippen LogP contribution < -0.4 is 14.8 Å². The van der Waals surface area contributed by atoms with Gasteiger partial charge in [0, 0.05) is 44.8 Å². The number of piperidine rings is 1. The molecule has 2 aromatic carbocycles. The molecule has 1 N–H and O–H groups in total. The van der Waals surface area contributed by atoms with Gasteiger partial charge in [0.25, 0.3) is 0 Å². The first-order chi connectivity index (χ1) is 22.3. The second-order valence-corrected chi connectivity index (χ2v) is 11.6. The lowest BCUT2D eigenvalue weighted by molar-refractivity contribution is -0.178. The molecule has 4 atom stereocenters. The van der Waals surface area contributed by atoms with Gasteiger partial charge in [-0.15, -0.1) is 0 Å². The van der Waals surface area contributed by atoms with E-state index < -0.39 is 29.5 Å². The quantitative estimate of drug-likeness (QED) is 0.217. The maximum atomic E-state index is 14.2. The summed E-state index contributed by atoms with van der Waals surface area (Å²) in [6.07, 6.45) is 1.77. The average molecular weight is 639 g/mol. The summed E-state index contributed by atoms with van der Waals surface area (Å²) in [6.45, 7) is 3.63. The summed E-state index contributed by atoms with van der Waals surface area (Å²) >= 11 is 0. The van der Waals surface area contributed by atoms with E-state index in [1.54, 1.807) is 26.2 Å². The number of amides is 2. The maximum Gasteiger partial charge on any atom is 0.320 e. The largest absolute Gasteiger partial charge is 0.493 e. The van der Waals surface area contributed by atoms with Gasteiger partial charge in [0.2, 0.25) is 11.8 Å². The SMILES string of the molecule is COCCCNC(=O)C[C@H]1C[C@@]2(C(=O)OC)C(=C[C@H](COCc3ccccc3)O[C@@H]2C)N(CCc2ccc(OC)c(OC)c2)C1=O. The van der Waals surface area contributed by atoms with E-state index >= 15 is 0 Å². The summed E-state index contributed by atoms with van der Waals surface area (Å²) < 4.78 is 33.7. The number of esters is 1. The molecule has 1 fully saturated rings. The molecule has 0 saturated carbocycles. The van der Waals surface area contributed by atoms with E-state index in [1.165, 1.54) is 7.11 Å². The second kappa shape index (κ2) is 16.6. The molecule has 2 heterocycles. The minimum atomic E-state index is -1.29. The summed E-state index contributed by atoms with van der Waals surface area (Å²) in [5.74, 6) is -0.591. The van der Waals surface area contributed by atoms with Crippen LogP contribution in [0.25, 0.3) is 0 Å². The zero-order chi connectivity index (χ0) is 33.1. The summed E-state index contributed by atoms with van der Waals surface area (Å²) in [5.41, 5.74) is 1.16. The van der Waals surface area contributed by atoms with Crippen molar-refractivity contribution in [2.45, 2.75) is 51.4 Å². The van der Waals surface area contributed by atoms with Crippen LogP contribution >= 0.6 is 0 Å². The van der Waals surface area contributed by atoms with Gasteiger partial charge in [-0.2, -0.15) is 0 Å². The standard InChI is InChI=1S/C35H46N2O9/c1-24-35(34(40)44-5)21-27(19-32(38)36-15-9-17-41-2)33(39)37(16-14-25-12-13-29(42-3)30(18-25)43-4)31(35)20-28(46-24)23-45-22-26-10-7-6-8-11-26/h6-8,10-13,18,20,24,27-28H,9,14-17,19,21-23H2,1-5H3,(H,36,38)/t24-,27+,28-,35+/m1/s1. The van der Waals surface area contributed by atoms with Crippen LogP contribution in [-0.2, 0) is 46.4 Å². The zero-order valence-electron chi connectivity index (χ0n) is 27.4. The molecule has 2 aliphatic rings. The highest BCUT2D eigenvalue weighted by Crippen LogP contribution is 2.50. The Bertz CT molecular complexity index is 1370. The van der Waals surface area contributed by atoms with Gasteiger partial charge in [0.1, 0.15) is 11.5 Å². The Morgan fingerprint density at radius 1 is 1.02 bits per heavy atom. The molecule has 4 rings (SSSR count). The first kappa shape index (κ1) is 34.9. The number of fused-ring (bicyclic) bond motifs is 1. The van der Waals surface area contributed by atoms with Crippen molar-refractivity contribution in [3.8, 4) is 11.5 Å². The first-order valence-electron chi connectivity index (χ1n) is 15.6. The fourth-order valence-electron chi connectivity index (χ4n) is 6.27. The number of nitrogens with zero attached hydrogens (tertiary/aromatic N) is 1. The van der Waals surface area contributed by atoms with E-state index in [-0.39, 0.29) is 37.8 Å². The Morgan fingerprint density at radius 2 is 1.78 bits per heavy atom. The molecule has 11 nitrogen and oxygen atoms in total. The Morgan fingerprint density at radius 3 is 2.48 bits per heavy atom. The summed E-state index contributed by atoms with van der Waals surface area (Å²) in [4.78, 5) is 42.6. The number of carbonyl (C=O) groups excluding carboxylic acids is 3. The highest BCUT2D eigenvalue weighted by molar-refractivity contribution is 5.92. The highest BCUT2D eigenvalue weighted by Gasteiger charge is 2.59. The minimum absolute atomic E-state index is 0.0684. The van der Waals surface area contributed by atoms with Gasteiger partial charge in [0.05, 0.1) is 40.6 Å². The van der Waals surface area contributed by atoms with Crippen LogP contribution in [0.15, 0.2) is 60.3 Å². The Balaban J connectivity index is 1.64. The van der Waals surface area contributed by atoms with Gasteiger partial charge in [-0.05, 0) is 55.5 Å². The van der Waals surface area contributed by atoms with E-state index in [0.717, 1.165) is 11.1 Å². The molecule has 0 aromatic heterocycles. The number of carbonyl (C=O) groups is 3. The Kier molecular flexibility index (Phi) is 12.6. The topological polar surface area (TPSA) is 122 Å². The van der Waals surface area contributed by atoms with Crippen molar-refractivity contribution in [3.63, 3.8) is 0 Å². The number of benzene rings is 2. The van der Waals surface area contributed by atoms with E-state index in [4.69, 9.17) is 28.4 Å². The highest BCUT2D eigenvalue weighted by atomic mass is 16.6. The van der Waals surface area contributed by atoms with E-state index in [0.29, 0.717) is 49.8 Å². The molecule has 0 bridgehead atoms. The van der Waals surface area contributed by atoms with Crippen LogP contribution in [0.4, 0.5) is 0 Å². The smallest absolute Gasteiger partial charge is 0.320 e. The molecule has 2 aliphatic heterocycles. The number of hydrogen-bond donors (Lipinski definition) is 1. The fourth-order valence-corrected chi connectivity index (χ4v) is 6.27. The van der Waals surface area contributed by atoms with Gasteiger partial charge in [-0.25, -0.2) is 0 Å². The van der Waals surface area contributed by atoms with E-state index in [1.807, 2.05) is 61.5 Å². The minimum Gasteiger partial charge on any atom is -0.493 e. The fraction of sp³-hybridized carbons (Fsp3) is 0.514. The third kappa shape index (κ3) is 8.07. The zero-order valence-corrected chi connectivity index (χ0v) is 27.4. The number of nitrogens with one attached hydrogen (secondary N) is 1.